The lowest BCUT2D eigenvalue weighted by Gasteiger charge is -2.26. The first-order valence-corrected chi connectivity index (χ1v) is 6.60. The van der Waals surface area contributed by atoms with E-state index in [0.29, 0.717) is 0 Å². The fourth-order valence-electron chi connectivity index (χ4n) is 1.95. The SMILES string of the molecule is C=CC(C)(CC=C(C)C)CC(=C)c1ccc(O)cc1. The molecular weight excluding hydrogens is 232 g/mol. The summed E-state index contributed by atoms with van der Waals surface area (Å²) in [6.45, 7) is 14.5. The number of rotatable bonds is 6. The molecule has 0 aliphatic rings. The monoisotopic (exact) mass is 256 g/mol. The highest BCUT2D eigenvalue weighted by Gasteiger charge is 2.20. The van der Waals surface area contributed by atoms with E-state index in [1.54, 1.807) is 12.1 Å². The number of aromatic hydroxyl groups is 1. The molecule has 0 saturated heterocycles. The molecule has 1 heteroatoms. The van der Waals surface area contributed by atoms with Crippen LogP contribution in [-0.2, 0) is 0 Å². The fourth-order valence-corrected chi connectivity index (χ4v) is 1.95. The Morgan fingerprint density at radius 2 is 1.84 bits per heavy atom. The van der Waals surface area contributed by atoms with Gasteiger partial charge in [0.25, 0.3) is 0 Å². The van der Waals surface area contributed by atoms with E-state index in [2.05, 4.69) is 40.0 Å². The first kappa shape index (κ1) is 15.3. The van der Waals surface area contributed by atoms with Crippen molar-refractivity contribution in [3.8, 4) is 5.75 Å². The number of phenols is 1. The van der Waals surface area contributed by atoms with E-state index in [0.717, 1.165) is 24.0 Å². The standard InChI is InChI=1S/C18H24O/c1-6-18(5,12-11-14(2)3)13-15(4)16-7-9-17(19)10-8-16/h6-11,19H,1,4,12-13H2,2-3,5H3. The highest BCUT2D eigenvalue weighted by atomic mass is 16.3. The minimum atomic E-state index is 0.0201. The van der Waals surface area contributed by atoms with Crippen molar-refractivity contribution >= 4 is 5.57 Å². The molecular formula is C18H24O. The lowest BCUT2D eigenvalue weighted by atomic mass is 9.79. The number of hydrogen-bond donors (Lipinski definition) is 1. The van der Waals surface area contributed by atoms with Gasteiger partial charge in [0.15, 0.2) is 0 Å². The molecule has 0 spiro atoms. The largest absolute Gasteiger partial charge is 0.508 e. The van der Waals surface area contributed by atoms with Gasteiger partial charge in [0.2, 0.25) is 0 Å². The zero-order valence-electron chi connectivity index (χ0n) is 12.2. The van der Waals surface area contributed by atoms with E-state index in [1.165, 1.54) is 5.57 Å². The third-order valence-corrected chi connectivity index (χ3v) is 3.36. The minimum absolute atomic E-state index is 0.0201. The van der Waals surface area contributed by atoms with E-state index in [9.17, 15) is 5.11 Å². The van der Waals surface area contributed by atoms with Crippen molar-refractivity contribution in [2.24, 2.45) is 5.41 Å². The number of phenolic OH excluding ortho intramolecular Hbond substituents is 1. The predicted molar refractivity (Wildman–Crippen MR) is 84.1 cm³/mol. The Balaban J connectivity index is 2.80. The predicted octanol–water partition coefficient (Wildman–Crippen LogP) is 5.34. The quantitative estimate of drug-likeness (QED) is 0.681. The summed E-state index contributed by atoms with van der Waals surface area (Å²) in [5.74, 6) is 0.285. The Morgan fingerprint density at radius 1 is 1.26 bits per heavy atom. The van der Waals surface area contributed by atoms with Gasteiger partial charge in [0.1, 0.15) is 5.75 Å². The van der Waals surface area contributed by atoms with E-state index in [4.69, 9.17) is 0 Å². The summed E-state index contributed by atoms with van der Waals surface area (Å²) >= 11 is 0. The van der Waals surface area contributed by atoms with E-state index in [1.807, 2.05) is 18.2 Å². The molecule has 1 aromatic carbocycles. The van der Waals surface area contributed by atoms with E-state index >= 15 is 0 Å². The smallest absolute Gasteiger partial charge is 0.115 e. The van der Waals surface area contributed by atoms with Crippen LogP contribution in [0.5, 0.6) is 5.75 Å². The highest BCUT2D eigenvalue weighted by Crippen LogP contribution is 2.35. The van der Waals surface area contributed by atoms with Gasteiger partial charge in [0, 0.05) is 0 Å². The Kier molecular flexibility index (Phi) is 5.17. The van der Waals surface area contributed by atoms with E-state index < -0.39 is 0 Å². The summed E-state index contributed by atoms with van der Waals surface area (Å²) in [5.41, 5.74) is 3.49. The van der Waals surface area contributed by atoms with Gasteiger partial charge in [-0.05, 0) is 55.4 Å². The Labute approximate surface area is 117 Å². The van der Waals surface area contributed by atoms with Crippen LogP contribution >= 0.6 is 0 Å². The molecule has 1 N–H and O–H groups in total. The molecule has 0 heterocycles. The fraction of sp³-hybridized carbons (Fsp3) is 0.333. The van der Waals surface area contributed by atoms with Gasteiger partial charge in [-0.15, -0.1) is 6.58 Å². The van der Waals surface area contributed by atoms with Crippen LogP contribution in [0.15, 0.2) is 55.1 Å². The van der Waals surface area contributed by atoms with Crippen LogP contribution in [0.4, 0.5) is 0 Å². The normalized spacial score (nSPS) is 13.4. The second-order valence-electron chi connectivity index (χ2n) is 5.67. The third-order valence-electron chi connectivity index (χ3n) is 3.36. The van der Waals surface area contributed by atoms with Gasteiger partial charge < -0.3 is 5.11 Å². The molecule has 0 bridgehead atoms. The molecule has 0 saturated carbocycles. The minimum Gasteiger partial charge on any atom is -0.508 e. The molecule has 0 fully saturated rings. The lowest BCUT2D eigenvalue weighted by Crippen LogP contribution is -2.12. The molecule has 0 aliphatic heterocycles. The van der Waals surface area contributed by atoms with Crippen molar-refractivity contribution in [3.63, 3.8) is 0 Å². The topological polar surface area (TPSA) is 20.2 Å². The summed E-state index contributed by atoms with van der Waals surface area (Å²) in [6, 6.07) is 7.20. The lowest BCUT2D eigenvalue weighted by molar-refractivity contribution is 0.447. The van der Waals surface area contributed by atoms with Gasteiger partial charge in [-0.3, -0.25) is 0 Å². The first-order valence-electron chi connectivity index (χ1n) is 6.60. The zero-order valence-corrected chi connectivity index (χ0v) is 12.2. The average molecular weight is 256 g/mol. The zero-order chi connectivity index (χ0) is 14.5. The van der Waals surface area contributed by atoms with Crippen LogP contribution in [0.3, 0.4) is 0 Å². The third kappa shape index (κ3) is 4.78. The summed E-state index contributed by atoms with van der Waals surface area (Å²) < 4.78 is 0. The second kappa shape index (κ2) is 6.42. The Hall–Kier alpha value is -1.76. The van der Waals surface area contributed by atoms with Crippen LogP contribution < -0.4 is 0 Å². The van der Waals surface area contributed by atoms with Gasteiger partial charge in [-0.2, -0.15) is 0 Å². The summed E-state index contributed by atoms with van der Waals surface area (Å²) in [6.07, 6.45) is 6.09. The molecule has 1 atom stereocenters. The second-order valence-corrected chi connectivity index (χ2v) is 5.67. The maximum absolute atomic E-state index is 9.31. The van der Waals surface area contributed by atoms with Crippen LogP contribution in [0.2, 0.25) is 0 Å². The highest BCUT2D eigenvalue weighted by molar-refractivity contribution is 5.64. The molecule has 1 aromatic rings. The van der Waals surface area contributed by atoms with Crippen LogP contribution in [0, 0.1) is 5.41 Å². The molecule has 0 aliphatic carbocycles. The summed E-state index contributed by atoms with van der Waals surface area (Å²) in [5, 5.41) is 9.31. The number of allylic oxidation sites excluding steroid dienone is 4. The van der Waals surface area contributed by atoms with Gasteiger partial charge in [0.05, 0.1) is 0 Å². The molecule has 19 heavy (non-hydrogen) atoms. The average Bonchev–Trinajstić information content (AvgIpc) is 2.37. The maximum atomic E-state index is 9.31. The van der Waals surface area contributed by atoms with Gasteiger partial charge >= 0.3 is 0 Å². The van der Waals surface area contributed by atoms with Crippen LogP contribution in [-0.4, -0.2) is 5.11 Å². The van der Waals surface area contributed by atoms with Crippen LogP contribution in [0.1, 0.15) is 39.2 Å². The Morgan fingerprint density at radius 3 is 2.32 bits per heavy atom. The van der Waals surface area contributed by atoms with Gasteiger partial charge in [-0.1, -0.05) is 43.4 Å². The number of benzene rings is 1. The molecule has 1 rings (SSSR count). The molecule has 0 aromatic heterocycles. The van der Waals surface area contributed by atoms with Crippen molar-refractivity contribution in [1.82, 2.24) is 0 Å². The Bertz CT molecular complexity index is 475. The maximum Gasteiger partial charge on any atom is 0.115 e. The summed E-state index contributed by atoms with van der Waals surface area (Å²) in [7, 11) is 0. The summed E-state index contributed by atoms with van der Waals surface area (Å²) in [4.78, 5) is 0. The molecule has 1 nitrogen and oxygen atoms in total. The van der Waals surface area contributed by atoms with Crippen molar-refractivity contribution in [2.45, 2.75) is 33.6 Å². The van der Waals surface area contributed by atoms with Gasteiger partial charge in [-0.25, -0.2) is 0 Å². The molecule has 0 radical (unpaired) electrons. The van der Waals surface area contributed by atoms with E-state index in [-0.39, 0.29) is 11.2 Å². The van der Waals surface area contributed by atoms with Crippen molar-refractivity contribution in [1.29, 1.82) is 0 Å². The van der Waals surface area contributed by atoms with Crippen molar-refractivity contribution < 1.29 is 5.11 Å². The van der Waals surface area contributed by atoms with Crippen molar-refractivity contribution in [3.05, 3.63) is 60.7 Å². The molecule has 0 amide bonds. The van der Waals surface area contributed by atoms with Crippen LogP contribution in [0.25, 0.3) is 5.57 Å². The molecule has 102 valence electrons. The number of hydrogen-bond acceptors (Lipinski definition) is 1. The first-order chi connectivity index (χ1) is 8.86. The van der Waals surface area contributed by atoms with Crippen molar-refractivity contribution in [2.75, 3.05) is 0 Å². The molecule has 1 unspecified atom stereocenters.